The van der Waals surface area contributed by atoms with Gasteiger partial charge in [0.15, 0.2) is 11.5 Å². The average Bonchev–Trinajstić information content (AvgIpc) is 3.16. The van der Waals surface area contributed by atoms with Crippen molar-refractivity contribution in [1.29, 1.82) is 0 Å². The van der Waals surface area contributed by atoms with Crippen LogP contribution >= 0.6 is 0 Å². The van der Waals surface area contributed by atoms with E-state index in [0.717, 1.165) is 22.6 Å². The van der Waals surface area contributed by atoms with E-state index in [1.165, 1.54) is 0 Å². The van der Waals surface area contributed by atoms with Gasteiger partial charge in [-0.25, -0.2) is 0 Å². The molecule has 0 aliphatic carbocycles. The number of aromatic nitrogens is 3. The second-order valence-corrected chi connectivity index (χ2v) is 6.24. The average molecular weight is 352 g/mol. The molecule has 1 aromatic carbocycles. The van der Waals surface area contributed by atoms with E-state index in [2.05, 4.69) is 33.1 Å². The van der Waals surface area contributed by atoms with Crippen molar-refractivity contribution in [3.8, 4) is 23.0 Å². The van der Waals surface area contributed by atoms with Crippen LogP contribution in [0.3, 0.4) is 0 Å². The summed E-state index contributed by atoms with van der Waals surface area (Å²) in [4.78, 5) is 6.22. The molecule has 1 aliphatic heterocycles. The first-order valence-electron chi connectivity index (χ1n) is 8.53. The van der Waals surface area contributed by atoms with Gasteiger partial charge in [0.2, 0.25) is 11.8 Å². The first kappa shape index (κ1) is 16.5. The molecule has 0 amide bonds. The van der Waals surface area contributed by atoms with Gasteiger partial charge in [0.1, 0.15) is 13.2 Å². The van der Waals surface area contributed by atoms with E-state index in [9.17, 15) is 0 Å². The van der Waals surface area contributed by atoms with Gasteiger partial charge in [-0.1, -0.05) is 6.07 Å². The van der Waals surface area contributed by atoms with Gasteiger partial charge in [0.25, 0.3) is 0 Å². The predicted molar refractivity (Wildman–Crippen MR) is 94.8 cm³/mol. The molecule has 2 aromatic heterocycles. The number of nitrogens with zero attached hydrogens (tertiary/aromatic N) is 4. The zero-order valence-electron chi connectivity index (χ0n) is 14.8. The molecule has 0 N–H and O–H groups in total. The third kappa shape index (κ3) is 3.39. The van der Waals surface area contributed by atoms with Gasteiger partial charge in [-0.05, 0) is 43.8 Å². The zero-order chi connectivity index (χ0) is 17.9. The lowest BCUT2D eigenvalue weighted by Gasteiger charge is -2.25. The molecule has 0 saturated heterocycles. The third-order valence-corrected chi connectivity index (χ3v) is 4.47. The largest absolute Gasteiger partial charge is 0.486 e. The molecule has 0 saturated carbocycles. The van der Waals surface area contributed by atoms with Gasteiger partial charge in [0, 0.05) is 18.4 Å². The Morgan fingerprint density at radius 1 is 1.12 bits per heavy atom. The highest BCUT2D eigenvalue weighted by Gasteiger charge is 2.19. The van der Waals surface area contributed by atoms with E-state index in [1.807, 2.05) is 31.3 Å². The van der Waals surface area contributed by atoms with E-state index >= 15 is 0 Å². The molecule has 3 aromatic rings. The summed E-state index contributed by atoms with van der Waals surface area (Å²) in [6, 6.07) is 9.94. The summed E-state index contributed by atoms with van der Waals surface area (Å²) in [7, 11) is 2.02. The van der Waals surface area contributed by atoms with Gasteiger partial charge in [0.05, 0.1) is 12.1 Å². The number of ether oxygens (including phenoxy) is 2. The van der Waals surface area contributed by atoms with Crippen molar-refractivity contribution in [2.75, 3.05) is 20.3 Å². The van der Waals surface area contributed by atoms with E-state index in [0.29, 0.717) is 31.5 Å². The minimum atomic E-state index is 0.152. The molecule has 0 radical (unpaired) electrons. The zero-order valence-corrected chi connectivity index (χ0v) is 14.8. The molecule has 7 heteroatoms. The Morgan fingerprint density at radius 3 is 2.77 bits per heavy atom. The van der Waals surface area contributed by atoms with Crippen LogP contribution in [0.5, 0.6) is 11.5 Å². The maximum atomic E-state index is 5.77. The van der Waals surface area contributed by atoms with Gasteiger partial charge in [-0.15, -0.1) is 10.2 Å². The first-order valence-corrected chi connectivity index (χ1v) is 8.53. The van der Waals surface area contributed by atoms with Gasteiger partial charge in [-0.3, -0.25) is 9.88 Å². The fourth-order valence-corrected chi connectivity index (χ4v) is 2.85. The van der Waals surface area contributed by atoms with Crippen LogP contribution in [0.2, 0.25) is 0 Å². The summed E-state index contributed by atoms with van der Waals surface area (Å²) < 4.78 is 17.0. The standard InChI is InChI=1S/C19H20N4O3/c1-13(14-5-6-16-17(10-14)25-9-8-24-16)23(2)12-18-21-22-19(26-18)15-4-3-7-20-11-15/h3-7,10-11,13H,8-9,12H2,1-2H3/t13-/m1/s1. The maximum Gasteiger partial charge on any atom is 0.249 e. The van der Waals surface area contributed by atoms with Crippen LogP contribution in [0.1, 0.15) is 24.4 Å². The highest BCUT2D eigenvalue weighted by molar-refractivity contribution is 5.50. The second-order valence-electron chi connectivity index (χ2n) is 6.24. The summed E-state index contributed by atoms with van der Waals surface area (Å²) in [5, 5.41) is 8.26. The highest BCUT2D eigenvalue weighted by Crippen LogP contribution is 2.34. The fraction of sp³-hybridized carbons (Fsp3) is 0.316. The second kappa shape index (κ2) is 7.13. The van der Waals surface area contributed by atoms with Crippen molar-refractivity contribution in [2.45, 2.75) is 19.5 Å². The van der Waals surface area contributed by atoms with Crippen LogP contribution in [0.25, 0.3) is 11.5 Å². The van der Waals surface area contributed by atoms with Crippen molar-refractivity contribution in [3.63, 3.8) is 0 Å². The SMILES string of the molecule is C[C@H](c1ccc2c(c1)OCCO2)N(C)Cc1nnc(-c2cccnc2)o1. The monoisotopic (exact) mass is 352 g/mol. The molecule has 3 heterocycles. The highest BCUT2D eigenvalue weighted by atomic mass is 16.6. The van der Waals surface area contributed by atoms with Gasteiger partial charge in [-0.2, -0.15) is 0 Å². The summed E-state index contributed by atoms with van der Waals surface area (Å²) in [5.74, 6) is 2.64. The third-order valence-electron chi connectivity index (χ3n) is 4.47. The fourth-order valence-electron chi connectivity index (χ4n) is 2.85. The number of fused-ring (bicyclic) bond motifs is 1. The Labute approximate surface area is 151 Å². The van der Waals surface area contributed by atoms with Crippen LogP contribution in [0.15, 0.2) is 47.1 Å². The molecular weight excluding hydrogens is 332 g/mol. The molecule has 134 valence electrons. The molecule has 0 bridgehead atoms. The van der Waals surface area contributed by atoms with Crippen LogP contribution in [0, 0.1) is 0 Å². The van der Waals surface area contributed by atoms with Crippen molar-refractivity contribution >= 4 is 0 Å². The van der Waals surface area contributed by atoms with Crippen LogP contribution < -0.4 is 9.47 Å². The van der Waals surface area contributed by atoms with Crippen LogP contribution in [0.4, 0.5) is 0 Å². The van der Waals surface area contributed by atoms with E-state index in [-0.39, 0.29) is 6.04 Å². The van der Waals surface area contributed by atoms with E-state index in [1.54, 1.807) is 12.4 Å². The maximum absolute atomic E-state index is 5.77. The molecule has 0 spiro atoms. The van der Waals surface area contributed by atoms with Crippen molar-refractivity contribution in [2.24, 2.45) is 0 Å². The normalized spacial score (nSPS) is 14.4. The number of pyridine rings is 1. The van der Waals surface area contributed by atoms with Crippen molar-refractivity contribution in [1.82, 2.24) is 20.1 Å². The van der Waals surface area contributed by atoms with Crippen LogP contribution in [-0.2, 0) is 6.54 Å². The Kier molecular flexibility index (Phi) is 4.53. The topological polar surface area (TPSA) is 73.5 Å². The van der Waals surface area contributed by atoms with Crippen molar-refractivity contribution in [3.05, 3.63) is 54.2 Å². The Hall–Kier alpha value is -2.93. The predicted octanol–water partition coefficient (Wildman–Crippen LogP) is 3.10. The van der Waals surface area contributed by atoms with Gasteiger partial charge < -0.3 is 13.9 Å². The Bertz CT molecular complexity index is 882. The number of hydrogen-bond donors (Lipinski definition) is 0. The van der Waals surface area contributed by atoms with Crippen LogP contribution in [-0.4, -0.2) is 40.3 Å². The summed E-state index contributed by atoms with van der Waals surface area (Å²) >= 11 is 0. The molecule has 26 heavy (non-hydrogen) atoms. The molecule has 0 unspecified atom stereocenters. The lowest BCUT2D eigenvalue weighted by atomic mass is 10.1. The minimum Gasteiger partial charge on any atom is -0.486 e. The van der Waals surface area contributed by atoms with Crippen molar-refractivity contribution < 1.29 is 13.9 Å². The molecule has 4 rings (SSSR count). The first-order chi connectivity index (χ1) is 12.7. The molecule has 7 nitrogen and oxygen atoms in total. The number of benzene rings is 1. The molecule has 1 aliphatic rings. The summed E-state index contributed by atoms with van der Waals surface area (Å²) in [5.41, 5.74) is 1.96. The summed E-state index contributed by atoms with van der Waals surface area (Å²) in [6.45, 7) is 3.85. The molecule has 1 atom stereocenters. The van der Waals surface area contributed by atoms with Gasteiger partial charge >= 0.3 is 0 Å². The Balaban J connectivity index is 1.46. The quantitative estimate of drug-likeness (QED) is 0.698. The summed E-state index contributed by atoms with van der Waals surface area (Å²) in [6.07, 6.45) is 3.42. The lowest BCUT2D eigenvalue weighted by Crippen LogP contribution is -2.22. The molecule has 0 fully saturated rings. The van der Waals surface area contributed by atoms with E-state index < -0.39 is 0 Å². The van der Waals surface area contributed by atoms with E-state index in [4.69, 9.17) is 13.9 Å². The number of hydrogen-bond acceptors (Lipinski definition) is 7. The lowest BCUT2D eigenvalue weighted by molar-refractivity contribution is 0.170. The molecular formula is C19H20N4O3. The minimum absolute atomic E-state index is 0.152. The number of rotatable bonds is 5. The smallest absolute Gasteiger partial charge is 0.249 e. The Morgan fingerprint density at radius 2 is 1.96 bits per heavy atom.